The molecule has 0 spiro atoms. The number of nitrogens with zero attached hydrogens (tertiary/aromatic N) is 4. The lowest BCUT2D eigenvalue weighted by atomic mass is 10.1. The highest BCUT2D eigenvalue weighted by molar-refractivity contribution is 7.15. The van der Waals surface area contributed by atoms with E-state index in [1.807, 2.05) is 0 Å². The van der Waals surface area contributed by atoms with E-state index in [-0.39, 0.29) is 18.0 Å². The molecule has 0 unspecified atom stereocenters. The number of rotatable bonds is 5. The minimum absolute atomic E-state index is 0.00601. The van der Waals surface area contributed by atoms with Crippen molar-refractivity contribution in [3.8, 4) is 5.88 Å². The maximum atomic E-state index is 14.0. The Morgan fingerprint density at radius 3 is 2.83 bits per heavy atom. The van der Waals surface area contributed by atoms with Gasteiger partial charge in [-0.3, -0.25) is 10.3 Å². The van der Waals surface area contributed by atoms with Crippen LogP contribution in [-0.2, 0) is 6.42 Å². The number of hydrogen-bond donors (Lipinski definition) is 1. The third kappa shape index (κ3) is 5.22. The Balaban J connectivity index is 1.27. The molecule has 10 heteroatoms. The van der Waals surface area contributed by atoms with Crippen molar-refractivity contribution in [2.24, 2.45) is 0 Å². The second-order valence-electron chi connectivity index (χ2n) is 6.82. The van der Waals surface area contributed by atoms with Crippen LogP contribution in [0, 0.1) is 5.82 Å². The molecule has 0 atom stereocenters. The van der Waals surface area contributed by atoms with Gasteiger partial charge in [-0.15, -0.1) is 11.3 Å². The molecule has 30 heavy (non-hydrogen) atoms. The standard InChI is InChI=1S/C20H19ClFN5O2S/c21-14-2-1-13(17(22)10-14)9-16-11-25-19(30-16)26-20(28)27-7-3-15(4-8-27)29-18-12-23-5-6-24-18/h1-2,5-6,10-12,15H,3-4,7-9H2,(H,25,26,28). The van der Waals surface area contributed by atoms with Gasteiger partial charge < -0.3 is 9.64 Å². The normalized spacial score (nSPS) is 14.5. The molecule has 1 aromatic carbocycles. The number of urea groups is 1. The topological polar surface area (TPSA) is 80.2 Å². The van der Waals surface area contributed by atoms with Gasteiger partial charge in [0, 0.05) is 60.8 Å². The molecule has 0 saturated carbocycles. The Kier molecular flexibility index (Phi) is 6.39. The number of likely N-dealkylation sites (tertiary alicyclic amines) is 1. The molecular weight excluding hydrogens is 429 g/mol. The first kappa shape index (κ1) is 20.5. The van der Waals surface area contributed by atoms with E-state index in [0.29, 0.717) is 53.9 Å². The van der Waals surface area contributed by atoms with Gasteiger partial charge in [-0.25, -0.2) is 19.2 Å². The van der Waals surface area contributed by atoms with Crippen LogP contribution in [0.15, 0.2) is 43.0 Å². The van der Waals surface area contributed by atoms with Gasteiger partial charge in [0.15, 0.2) is 5.13 Å². The van der Waals surface area contributed by atoms with Crippen LogP contribution < -0.4 is 10.1 Å². The molecule has 3 heterocycles. The first-order chi connectivity index (χ1) is 14.6. The number of carbonyl (C=O) groups is 1. The average Bonchev–Trinajstić information content (AvgIpc) is 3.18. The van der Waals surface area contributed by atoms with Crippen molar-refractivity contribution in [1.82, 2.24) is 19.9 Å². The highest BCUT2D eigenvalue weighted by Gasteiger charge is 2.25. The largest absolute Gasteiger partial charge is 0.473 e. The molecule has 7 nitrogen and oxygen atoms in total. The van der Waals surface area contributed by atoms with Gasteiger partial charge in [0.1, 0.15) is 11.9 Å². The molecule has 4 rings (SSSR count). The number of carbonyl (C=O) groups excluding carboxylic acids is 1. The van der Waals surface area contributed by atoms with E-state index < -0.39 is 0 Å². The fourth-order valence-corrected chi connectivity index (χ4v) is 4.15. The zero-order chi connectivity index (χ0) is 20.9. The van der Waals surface area contributed by atoms with Crippen LogP contribution in [0.5, 0.6) is 5.88 Å². The minimum atomic E-state index is -0.354. The van der Waals surface area contributed by atoms with Crippen LogP contribution in [0.25, 0.3) is 0 Å². The lowest BCUT2D eigenvalue weighted by Crippen LogP contribution is -2.43. The van der Waals surface area contributed by atoms with E-state index >= 15 is 0 Å². The second-order valence-corrected chi connectivity index (χ2v) is 8.37. The van der Waals surface area contributed by atoms with Crippen molar-refractivity contribution in [3.63, 3.8) is 0 Å². The summed E-state index contributed by atoms with van der Waals surface area (Å²) >= 11 is 7.11. The number of amides is 2. The molecule has 156 valence electrons. The van der Waals surface area contributed by atoms with Crippen LogP contribution in [-0.4, -0.2) is 45.1 Å². The summed E-state index contributed by atoms with van der Waals surface area (Å²) in [6.07, 6.45) is 8.22. The number of nitrogens with one attached hydrogen (secondary N) is 1. The predicted molar refractivity (Wildman–Crippen MR) is 113 cm³/mol. The summed E-state index contributed by atoms with van der Waals surface area (Å²) in [5.74, 6) is 0.140. The molecule has 1 saturated heterocycles. The van der Waals surface area contributed by atoms with E-state index in [1.54, 1.807) is 41.8 Å². The lowest BCUT2D eigenvalue weighted by Gasteiger charge is -2.31. The summed E-state index contributed by atoms with van der Waals surface area (Å²) in [5, 5.41) is 3.67. The first-order valence-electron chi connectivity index (χ1n) is 9.44. The summed E-state index contributed by atoms with van der Waals surface area (Å²) < 4.78 is 19.8. The molecule has 1 N–H and O–H groups in total. The van der Waals surface area contributed by atoms with Gasteiger partial charge in [-0.1, -0.05) is 17.7 Å². The van der Waals surface area contributed by atoms with Gasteiger partial charge in [0.05, 0.1) is 6.20 Å². The fourth-order valence-electron chi connectivity index (χ4n) is 3.16. The minimum Gasteiger partial charge on any atom is -0.473 e. The molecule has 1 aliphatic rings. The summed E-state index contributed by atoms with van der Waals surface area (Å²) in [6.45, 7) is 1.15. The second kappa shape index (κ2) is 9.36. The number of aromatic nitrogens is 3. The maximum Gasteiger partial charge on any atom is 0.323 e. The summed E-state index contributed by atoms with van der Waals surface area (Å²) in [7, 11) is 0. The number of thiazole rings is 1. The van der Waals surface area contributed by atoms with Crippen LogP contribution in [0.2, 0.25) is 5.02 Å². The highest BCUT2D eigenvalue weighted by atomic mass is 35.5. The Morgan fingerprint density at radius 2 is 2.10 bits per heavy atom. The van der Waals surface area contributed by atoms with Crippen molar-refractivity contribution in [2.75, 3.05) is 18.4 Å². The SMILES string of the molecule is O=C(Nc1ncc(Cc2ccc(Cl)cc2F)s1)N1CCC(Oc2cnccn2)CC1. The molecule has 0 bridgehead atoms. The third-order valence-corrected chi connectivity index (χ3v) is 5.85. The van der Waals surface area contributed by atoms with E-state index in [9.17, 15) is 9.18 Å². The smallest absolute Gasteiger partial charge is 0.323 e. The highest BCUT2D eigenvalue weighted by Crippen LogP contribution is 2.24. The average molecular weight is 448 g/mol. The van der Waals surface area contributed by atoms with Crippen LogP contribution in [0.4, 0.5) is 14.3 Å². The summed E-state index contributed by atoms with van der Waals surface area (Å²) in [5.41, 5.74) is 0.533. The summed E-state index contributed by atoms with van der Waals surface area (Å²) in [4.78, 5) is 27.4. The first-order valence-corrected chi connectivity index (χ1v) is 10.6. The number of anilines is 1. The number of ether oxygens (including phenoxy) is 1. The van der Waals surface area contributed by atoms with Gasteiger partial charge >= 0.3 is 6.03 Å². The van der Waals surface area contributed by atoms with E-state index in [0.717, 1.165) is 4.88 Å². The van der Waals surface area contributed by atoms with Gasteiger partial charge in [0.25, 0.3) is 0 Å². The molecule has 2 aromatic heterocycles. The number of benzene rings is 1. The molecular formula is C20H19ClFN5O2S. The zero-order valence-corrected chi connectivity index (χ0v) is 17.5. The Hall–Kier alpha value is -2.78. The number of hydrogen-bond acceptors (Lipinski definition) is 6. The van der Waals surface area contributed by atoms with Crippen LogP contribution in [0.1, 0.15) is 23.3 Å². The van der Waals surface area contributed by atoms with Crippen molar-refractivity contribution in [1.29, 1.82) is 0 Å². The van der Waals surface area contributed by atoms with Crippen molar-refractivity contribution >= 4 is 34.1 Å². The third-order valence-electron chi connectivity index (χ3n) is 4.70. The lowest BCUT2D eigenvalue weighted by molar-refractivity contribution is 0.111. The molecule has 1 fully saturated rings. The van der Waals surface area contributed by atoms with Crippen molar-refractivity contribution in [3.05, 3.63) is 64.3 Å². The van der Waals surface area contributed by atoms with Crippen LogP contribution >= 0.6 is 22.9 Å². The Morgan fingerprint density at radius 1 is 1.27 bits per heavy atom. The Bertz CT molecular complexity index is 1010. The van der Waals surface area contributed by atoms with Crippen molar-refractivity contribution in [2.45, 2.75) is 25.4 Å². The predicted octanol–water partition coefficient (Wildman–Crippen LogP) is 4.39. The van der Waals surface area contributed by atoms with Gasteiger partial charge in [0.2, 0.25) is 5.88 Å². The molecule has 3 aromatic rings. The van der Waals surface area contributed by atoms with E-state index in [2.05, 4.69) is 20.3 Å². The van der Waals surface area contributed by atoms with Gasteiger partial charge in [-0.05, 0) is 17.7 Å². The van der Waals surface area contributed by atoms with E-state index in [4.69, 9.17) is 16.3 Å². The van der Waals surface area contributed by atoms with Crippen LogP contribution in [0.3, 0.4) is 0 Å². The molecule has 0 radical (unpaired) electrons. The Labute approximate surface area is 181 Å². The quantitative estimate of drug-likeness (QED) is 0.627. The summed E-state index contributed by atoms with van der Waals surface area (Å²) in [6, 6.07) is 4.40. The molecule has 0 aliphatic carbocycles. The zero-order valence-electron chi connectivity index (χ0n) is 15.9. The van der Waals surface area contributed by atoms with Crippen molar-refractivity contribution < 1.29 is 13.9 Å². The fraction of sp³-hybridized carbons (Fsp3) is 0.300. The van der Waals surface area contributed by atoms with E-state index in [1.165, 1.54) is 17.4 Å². The molecule has 1 aliphatic heterocycles. The van der Waals surface area contributed by atoms with Gasteiger partial charge in [-0.2, -0.15) is 0 Å². The molecule has 2 amide bonds. The number of piperidine rings is 1. The maximum absolute atomic E-state index is 14.0. The monoisotopic (exact) mass is 447 g/mol. The number of halogens is 2.